The molecule has 12 heteroatoms. The molecule has 0 spiro atoms. The summed E-state index contributed by atoms with van der Waals surface area (Å²) in [5.74, 6) is -7.95. The van der Waals surface area contributed by atoms with E-state index in [0.717, 1.165) is 18.2 Å². The summed E-state index contributed by atoms with van der Waals surface area (Å²) in [5, 5.41) is 31.9. The molecule has 0 heterocycles. The number of nitrogens with zero attached hydrogens (tertiary/aromatic N) is 3. The summed E-state index contributed by atoms with van der Waals surface area (Å²) in [6.07, 6.45) is 0. The van der Waals surface area contributed by atoms with Crippen LogP contribution in [0.2, 0.25) is 0 Å². The van der Waals surface area contributed by atoms with Crippen LogP contribution in [0.4, 0.5) is 40.3 Å². The van der Waals surface area contributed by atoms with Gasteiger partial charge < -0.3 is 5.32 Å². The second-order valence-electron chi connectivity index (χ2n) is 4.46. The molecule has 0 aliphatic carbocycles. The van der Waals surface area contributed by atoms with Gasteiger partial charge in [-0.2, -0.15) is 5.26 Å². The summed E-state index contributed by atoms with van der Waals surface area (Å²) in [5.41, 5.74) is -5.23. The molecule has 8 nitrogen and oxygen atoms in total. The Morgan fingerprint density at radius 1 is 0.960 bits per heavy atom. The standard InChI is InChI=1S/C13H4F4N4O4/c14-9-6(4-18)10(15)12(17)13(11(9)16)19-7-2-1-5(20(22)23)3-8(7)21(24)25/h1-3,19H. The van der Waals surface area contributed by atoms with E-state index in [1.807, 2.05) is 0 Å². The third kappa shape index (κ3) is 3.02. The maximum absolute atomic E-state index is 13.8. The van der Waals surface area contributed by atoms with Gasteiger partial charge in [0, 0.05) is 6.07 Å². The van der Waals surface area contributed by atoms with Crippen molar-refractivity contribution in [3.05, 3.63) is 67.3 Å². The van der Waals surface area contributed by atoms with Gasteiger partial charge in [0.15, 0.2) is 23.3 Å². The average Bonchev–Trinajstić information content (AvgIpc) is 2.57. The third-order valence-corrected chi connectivity index (χ3v) is 3.02. The van der Waals surface area contributed by atoms with E-state index < -0.39 is 61.4 Å². The summed E-state index contributed by atoms with van der Waals surface area (Å²) >= 11 is 0. The number of rotatable bonds is 4. The Labute approximate surface area is 135 Å². The molecule has 0 radical (unpaired) electrons. The number of non-ortho nitro benzene ring substituents is 1. The Morgan fingerprint density at radius 3 is 1.96 bits per heavy atom. The molecule has 2 aromatic carbocycles. The van der Waals surface area contributed by atoms with Crippen LogP contribution in [0.3, 0.4) is 0 Å². The van der Waals surface area contributed by atoms with Crippen molar-refractivity contribution in [3.63, 3.8) is 0 Å². The van der Waals surface area contributed by atoms with Gasteiger partial charge in [-0.05, 0) is 6.07 Å². The fourth-order valence-electron chi connectivity index (χ4n) is 1.86. The summed E-state index contributed by atoms with van der Waals surface area (Å²) in [6, 6.07) is 2.96. The minimum atomic E-state index is -1.99. The summed E-state index contributed by atoms with van der Waals surface area (Å²) in [7, 11) is 0. The molecule has 0 amide bonds. The molecule has 0 aliphatic rings. The number of anilines is 2. The predicted octanol–water partition coefficient (Wildman–Crippen LogP) is 3.67. The van der Waals surface area contributed by atoms with Gasteiger partial charge in [-0.15, -0.1) is 0 Å². The fourth-order valence-corrected chi connectivity index (χ4v) is 1.86. The second-order valence-corrected chi connectivity index (χ2v) is 4.46. The number of nitro benzene ring substituents is 2. The highest BCUT2D eigenvalue weighted by atomic mass is 19.2. The molecule has 0 saturated heterocycles. The van der Waals surface area contributed by atoms with Crippen molar-refractivity contribution in [1.29, 1.82) is 5.26 Å². The largest absolute Gasteiger partial charge is 0.345 e. The van der Waals surface area contributed by atoms with E-state index in [1.165, 1.54) is 0 Å². The maximum Gasteiger partial charge on any atom is 0.299 e. The van der Waals surface area contributed by atoms with Gasteiger partial charge in [0.1, 0.15) is 23.0 Å². The molecule has 0 unspecified atom stereocenters. The van der Waals surface area contributed by atoms with Crippen molar-refractivity contribution < 1.29 is 27.4 Å². The van der Waals surface area contributed by atoms with Crippen LogP contribution in [-0.4, -0.2) is 9.85 Å². The lowest BCUT2D eigenvalue weighted by molar-refractivity contribution is -0.393. The Balaban J connectivity index is 2.64. The first-order chi connectivity index (χ1) is 11.7. The first-order valence-electron chi connectivity index (χ1n) is 6.15. The topological polar surface area (TPSA) is 122 Å². The number of hydrogen-bond donors (Lipinski definition) is 1. The number of nitrogens with one attached hydrogen (secondary N) is 1. The van der Waals surface area contributed by atoms with E-state index in [4.69, 9.17) is 5.26 Å². The molecule has 25 heavy (non-hydrogen) atoms. The molecule has 0 aliphatic heterocycles. The van der Waals surface area contributed by atoms with Crippen LogP contribution in [0, 0.1) is 54.8 Å². The molecule has 0 saturated carbocycles. The molecule has 1 N–H and O–H groups in total. The van der Waals surface area contributed by atoms with Crippen molar-refractivity contribution in [3.8, 4) is 6.07 Å². The number of nitriles is 1. The third-order valence-electron chi connectivity index (χ3n) is 3.02. The minimum absolute atomic E-state index is 0.495. The Kier molecular flexibility index (Phi) is 4.50. The Morgan fingerprint density at radius 2 is 1.52 bits per heavy atom. The SMILES string of the molecule is N#Cc1c(F)c(F)c(Nc2ccc([N+](=O)[O-])cc2[N+](=O)[O-])c(F)c1F. The van der Waals surface area contributed by atoms with Gasteiger partial charge >= 0.3 is 0 Å². The van der Waals surface area contributed by atoms with Gasteiger partial charge in [0.25, 0.3) is 11.4 Å². The van der Waals surface area contributed by atoms with Crippen molar-refractivity contribution in [2.45, 2.75) is 0 Å². The van der Waals surface area contributed by atoms with Crippen molar-refractivity contribution in [1.82, 2.24) is 0 Å². The molecular weight excluding hydrogens is 352 g/mol. The molecule has 2 aromatic rings. The van der Waals surface area contributed by atoms with Gasteiger partial charge in [0.2, 0.25) is 0 Å². The van der Waals surface area contributed by atoms with E-state index in [0.29, 0.717) is 6.07 Å². The quantitative estimate of drug-likeness (QED) is 0.386. The number of benzene rings is 2. The Bertz CT molecular complexity index is 929. The van der Waals surface area contributed by atoms with E-state index in [1.54, 1.807) is 5.32 Å². The fraction of sp³-hybridized carbons (Fsp3) is 0. The van der Waals surface area contributed by atoms with Gasteiger partial charge in [0.05, 0.1) is 15.9 Å². The summed E-state index contributed by atoms with van der Waals surface area (Å²) in [4.78, 5) is 19.5. The second kappa shape index (κ2) is 6.40. The van der Waals surface area contributed by atoms with Crippen LogP contribution in [0.25, 0.3) is 0 Å². The van der Waals surface area contributed by atoms with E-state index in [-0.39, 0.29) is 0 Å². The van der Waals surface area contributed by atoms with Crippen LogP contribution in [0.1, 0.15) is 5.56 Å². The summed E-state index contributed by atoms with van der Waals surface area (Å²) < 4.78 is 54.8. The maximum atomic E-state index is 13.8. The van der Waals surface area contributed by atoms with Gasteiger partial charge in [-0.3, -0.25) is 20.2 Å². The van der Waals surface area contributed by atoms with Crippen LogP contribution in [0.5, 0.6) is 0 Å². The molecule has 2 rings (SSSR count). The molecular formula is C13H4F4N4O4. The number of nitro groups is 2. The van der Waals surface area contributed by atoms with E-state index >= 15 is 0 Å². The Hall–Kier alpha value is -3.75. The van der Waals surface area contributed by atoms with Crippen LogP contribution >= 0.6 is 0 Å². The predicted molar refractivity (Wildman–Crippen MR) is 74.0 cm³/mol. The zero-order valence-corrected chi connectivity index (χ0v) is 11.7. The summed E-state index contributed by atoms with van der Waals surface area (Å²) in [6.45, 7) is 0. The number of halogens is 4. The van der Waals surface area contributed by atoms with Crippen LogP contribution in [0.15, 0.2) is 18.2 Å². The van der Waals surface area contributed by atoms with Crippen LogP contribution in [-0.2, 0) is 0 Å². The normalized spacial score (nSPS) is 10.2. The van der Waals surface area contributed by atoms with Crippen molar-refractivity contribution >= 4 is 22.7 Å². The highest BCUT2D eigenvalue weighted by Crippen LogP contribution is 2.35. The lowest BCUT2D eigenvalue weighted by Crippen LogP contribution is -2.08. The highest BCUT2D eigenvalue weighted by Gasteiger charge is 2.28. The monoisotopic (exact) mass is 356 g/mol. The van der Waals surface area contributed by atoms with Crippen LogP contribution < -0.4 is 5.32 Å². The first kappa shape index (κ1) is 17.6. The molecule has 0 bridgehead atoms. The van der Waals surface area contributed by atoms with E-state index in [2.05, 4.69) is 0 Å². The smallest absolute Gasteiger partial charge is 0.299 e. The zero-order chi connectivity index (χ0) is 18.9. The van der Waals surface area contributed by atoms with Gasteiger partial charge in [-0.25, -0.2) is 17.6 Å². The average molecular weight is 356 g/mol. The molecule has 0 atom stereocenters. The molecule has 0 fully saturated rings. The zero-order valence-electron chi connectivity index (χ0n) is 11.7. The highest BCUT2D eigenvalue weighted by molar-refractivity contribution is 5.72. The molecule has 128 valence electrons. The molecule has 0 aromatic heterocycles. The lowest BCUT2D eigenvalue weighted by atomic mass is 10.1. The van der Waals surface area contributed by atoms with Crippen molar-refractivity contribution in [2.75, 3.05) is 5.32 Å². The minimum Gasteiger partial charge on any atom is -0.345 e. The van der Waals surface area contributed by atoms with Gasteiger partial charge in [-0.1, -0.05) is 0 Å². The first-order valence-corrected chi connectivity index (χ1v) is 6.15. The number of hydrogen-bond acceptors (Lipinski definition) is 6. The lowest BCUT2D eigenvalue weighted by Gasteiger charge is -2.11. The van der Waals surface area contributed by atoms with Crippen molar-refractivity contribution in [2.24, 2.45) is 0 Å². The van der Waals surface area contributed by atoms with E-state index in [9.17, 15) is 37.8 Å².